The number of hydrogen-bond donors (Lipinski definition) is 2. The van der Waals surface area contributed by atoms with Crippen LogP contribution in [-0.2, 0) is 0 Å². The van der Waals surface area contributed by atoms with Crippen LogP contribution in [0, 0.1) is 11.8 Å². The zero-order valence-corrected chi connectivity index (χ0v) is 11.3. The molecule has 1 amide bonds. The number of imidazole rings is 1. The highest BCUT2D eigenvalue weighted by Gasteiger charge is 2.27. The Morgan fingerprint density at radius 2 is 2.25 bits per heavy atom. The Morgan fingerprint density at radius 3 is 3.05 bits per heavy atom. The number of nitrogens with zero attached hydrogens (tertiary/aromatic N) is 2. The second kappa shape index (κ2) is 5.63. The Hall–Kier alpha value is -1.88. The quantitative estimate of drug-likeness (QED) is 0.886. The molecule has 0 spiro atoms. The molecular formula is C15H19N3O2. The third-order valence-electron chi connectivity index (χ3n) is 4.17. The Labute approximate surface area is 117 Å². The maximum Gasteiger partial charge on any atom is 0.271 e. The second-order valence-corrected chi connectivity index (χ2v) is 5.44. The molecule has 1 aliphatic rings. The SMILES string of the molecule is O=C(NCC1CCCC1CO)c1cn2ccccc2n1. The summed E-state index contributed by atoms with van der Waals surface area (Å²) in [6, 6.07) is 5.67. The van der Waals surface area contributed by atoms with Crippen LogP contribution in [-0.4, -0.2) is 33.6 Å². The fraction of sp³-hybridized carbons (Fsp3) is 0.467. The van der Waals surface area contributed by atoms with Crippen LogP contribution in [0.2, 0.25) is 0 Å². The Balaban J connectivity index is 1.64. The molecule has 2 heterocycles. The summed E-state index contributed by atoms with van der Waals surface area (Å²) in [6.45, 7) is 0.840. The van der Waals surface area contributed by atoms with Gasteiger partial charge in [0.15, 0.2) is 0 Å². The molecule has 5 nitrogen and oxygen atoms in total. The topological polar surface area (TPSA) is 66.6 Å². The number of pyridine rings is 1. The molecule has 0 aromatic carbocycles. The van der Waals surface area contributed by atoms with Gasteiger partial charge in [-0.25, -0.2) is 4.98 Å². The van der Waals surface area contributed by atoms with Crippen molar-refractivity contribution in [3.63, 3.8) is 0 Å². The van der Waals surface area contributed by atoms with Crippen molar-refractivity contribution in [2.45, 2.75) is 19.3 Å². The van der Waals surface area contributed by atoms with Crippen LogP contribution < -0.4 is 5.32 Å². The lowest BCUT2D eigenvalue weighted by molar-refractivity contribution is 0.0933. The molecule has 1 aliphatic carbocycles. The number of amides is 1. The van der Waals surface area contributed by atoms with Crippen molar-refractivity contribution in [2.24, 2.45) is 11.8 Å². The molecule has 0 radical (unpaired) electrons. The number of aliphatic hydroxyl groups excluding tert-OH is 1. The molecule has 0 bridgehead atoms. The Kier molecular flexibility index (Phi) is 3.69. The maximum absolute atomic E-state index is 12.1. The van der Waals surface area contributed by atoms with E-state index in [9.17, 15) is 9.90 Å². The van der Waals surface area contributed by atoms with Gasteiger partial charge in [0, 0.05) is 25.5 Å². The van der Waals surface area contributed by atoms with Gasteiger partial charge in [-0.3, -0.25) is 4.79 Å². The fourth-order valence-electron chi connectivity index (χ4n) is 2.98. The number of nitrogens with one attached hydrogen (secondary N) is 1. The molecule has 106 valence electrons. The summed E-state index contributed by atoms with van der Waals surface area (Å²) >= 11 is 0. The Morgan fingerprint density at radius 1 is 1.40 bits per heavy atom. The van der Waals surface area contributed by atoms with Crippen LogP contribution in [0.15, 0.2) is 30.6 Å². The van der Waals surface area contributed by atoms with E-state index in [2.05, 4.69) is 10.3 Å². The van der Waals surface area contributed by atoms with Crippen LogP contribution in [0.5, 0.6) is 0 Å². The first kappa shape index (κ1) is 13.1. The smallest absolute Gasteiger partial charge is 0.271 e. The van der Waals surface area contributed by atoms with E-state index in [0.29, 0.717) is 24.1 Å². The summed E-state index contributed by atoms with van der Waals surface area (Å²) in [5.41, 5.74) is 1.21. The Bertz CT molecular complexity index is 575. The number of aliphatic hydroxyl groups is 1. The van der Waals surface area contributed by atoms with Crippen LogP contribution in [0.3, 0.4) is 0 Å². The number of carbonyl (C=O) groups is 1. The second-order valence-electron chi connectivity index (χ2n) is 5.44. The van der Waals surface area contributed by atoms with Gasteiger partial charge in [-0.05, 0) is 36.8 Å². The average Bonchev–Trinajstić information content (AvgIpc) is 3.10. The molecule has 2 unspecified atom stereocenters. The molecule has 0 saturated heterocycles. The zero-order valence-electron chi connectivity index (χ0n) is 11.3. The molecule has 1 fully saturated rings. The number of hydrogen-bond acceptors (Lipinski definition) is 3. The van der Waals surface area contributed by atoms with Crippen molar-refractivity contribution in [1.82, 2.24) is 14.7 Å². The summed E-state index contributed by atoms with van der Waals surface area (Å²) in [7, 11) is 0. The van der Waals surface area contributed by atoms with Crippen molar-refractivity contribution in [3.05, 3.63) is 36.3 Å². The van der Waals surface area contributed by atoms with E-state index in [-0.39, 0.29) is 12.5 Å². The van der Waals surface area contributed by atoms with E-state index in [1.165, 1.54) is 0 Å². The van der Waals surface area contributed by atoms with Crippen LogP contribution in [0.1, 0.15) is 29.8 Å². The highest BCUT2D eigenvalue weighted by molar-refractivity contribution is 5.92. The van der Waals surface area contributed by atoms with E-state index in [0.717, 1.165) is 24.9 Å². The molecule has 20 heavy (non-hydrogen) atoms. The number of aromatic nitrogens is 2. The van der Waals surface area contributed by atoms with Gasteiger partial charge in [0.05, 0.1) is 0 Å². The fourth-order valence-corrected chi connectivity index (χ4v) is 2.98. The molecular weight excluding hydrogens is 254 g/mol. The first-order chi connectivity index (χ1) is 9.78. The summed E-state index contributed by atoms with van der Waals surface area (Å²) in [5, 5.41) is 12.2. The monoisotopic (exact) mass is 273 g/mol. The zero-order chi connectivity index (χ0) is 13.9. The lowest BCUT2D eigenvalue weighted by Gasteiger charge is -2.17. The van der Waals surface area contributed by atoms with Gasteiger partial charge in [0.1, 0.15) is 11.3 Å². The number of rotatable bonds is 4. The van der Waals surface area contributed by atoms with E-state index in [1.807, 2.05) is 28.8 Å². The van der Waals surface area contributed by atoms with Gasteiger partial charge < -0.3 is 14.8 Å². The third kappa shape index (κ3) is 2.54. The highest BCUT2D eigenvalue weighted by atomic mass is 16.3. The predicted octanol–water partition coefficient (Wildman–Crippen LogP) is 1.47. The van der Waals surface area contributed by atoms with Crippen molar-refractivity contribution in [3.8, 4) is 0 Å². The minimum Gasteiger partial charge on any atom is -0.396 e. The lowest BCUT2D eigenvalue weighted by atomic mass is 9.97. The van der Waals surface area contributed by atoms with Gasteiger partial charge in [-0.1, -0.05) is 12.5 Å². The van der Waals surface area contributed by atoms with Crippen molar-refractivity contribution in [1.29, 1.82) is 0 Å². The molecule has 2 aromatic heterocycles. The minimum absolute atomic E-state index is 0.141. The molecule has 3 rings (SSSR count). The summed E-state index contributed by atoms with van der Waals surface area (Å²) in [5.74, 6) is 0.578. The molecule has 2 aromatic rings. The van der Waals surface area contributed by atoms with E-state index in [1.54, 1.807) is 6.20 Å². The van der Waals surface area contributed by atoms with Gasteiger partial charge in [0.2, 0.25) is 0 Å². The molecule has 2 N–H and O–H groups in total. The molecule has 5 heteroatoms. The lowest BCUT2D eigenvalue weighted by Crippen LogP contribution is -2.31. The summed E-state index contributed by atoms with van der Waals surface area (Å²) in [4.78, 5) is 16.4. The van der Waals surface area contributed by atoms with Crippen molar-refractivity contribution in [2.75, 3.05) is 13.2 Å². The van der Waals surface area contributed by atoms with Gasteiger partial charge >= 0.3 is 0 Å². The van der Waals surface area contributed by atoms with E-state index in [4.69, 9.17) is 0 Å². The van der Waals surface area contributed by atoms with E-state index >= 15 is 0 Å². The number of fused-ring (bicyclic) bond motifs is 1. The summed E-state index contributed by atoms with van der Waals surface area (Å²) in [6.07, 6.45) is 6.89. The van der Waals surface area contributed by atoms with Gasteiger partial charge in [0.25, 0.3) is 5.91 Å². The molecule has 1 saturated carbocycles. The maximum atomic E-state index is 12.1. The third-order valence-corrected chi connectivity index (χ3v) is 4.17. The highest BCUT2D eigenvalue weighted by Crippen LogP contribution is 2.30. The summed E-state index contributed by atoms with van der Waals surface area (Å²) < 4.78 is 1.83. The van der Waals surface area contributed by atoms with Crippen LogP contribution >= 0.6 is 0 Å². The van der Waals surface area contributed by atoms with Crippen molar-refractivity contribution >= 4 is 11.6 Å². The molecule has 0 aliphatic heterocycles. The number of carbonyl (C=O) groups excluding carboxylic acids is 1. The van der Waals surface area contributed by atoms with Crippen molar-refractivity contribution < 1.29 is 9.90 Å². The van der Waals surface area contributed by atoms with Crippen LogP contribution in [0.25, 0.3) is 5.65 Å². The first-order valence-corrected chi connectivity index (χ1v) is 7.10. The van der Waals surface area contributed by atoms with Gasteiger partial charge in [-0.15, -0.1) is 0 Å². The first-order valence-electron chi connectivity index (χ1n) is 7.10. The molecule has 2 atom stereocenters. The van der Waals surface area contributed by atoms with Crippen LogP contribution in [0.4, 0.5) is 0 Å². The van der Waals surface area contributed by atoms with Gasteiger partial charge in [-0.2, -0.15) is 0 Å². The standard InChI is InChI=1S/C15H19N3O2/c19-10-12-5-3-4-11(12)8-16-15(20)13-9-18-7-2-1-6-14(18)17-13/h1-2,6-7,9,11-12,19H,3-5,8,10H2,(H,16,20). The minimum atomic E-state index is -0.141. The largest absolute Gasteiger partial charge is 0.396 e. The van der Waals surface area contributed by atoms with E-state index < -0.39 is 0 Å². The normalized spacial score (nSPS) is 22.2. The predicted molar refractivity (Wildman–Crippen MR) is 75.4 cm³/mol. The average molecular weight is 273 g/mol.